The predicted octanol–water partition coefficient (Wildman–Crippen LogP) is 14.6. The first kappa shape index (κ1) is 28.4. The lowest BCUT2D eigenvalue weighted by Gasteiger charge is -2.27. The average molecular weight is 668 g/mol. The van der Waals surface area contributed by atoms with E-state index in [0.717, 1.165) is 44.4 Å². The molecule has 0 unspecified atom stereocenters. The molecule has 0 atom stereocenters. The van der Waals surface area contributed by atoms with Gasteiger partial charge in [0.15, 0.2) is 0 Å². The summed E-state index contributed by atoms with van der Waals surface area (Å²) in [4.78, 5) is 2.43. The molecular weight excluding hydrogens is 639 g/mol. The number of hydrogen-bond acceptors (Lipinski definition) is 3. The van der Waals surface area contributed by atoms with Crippen molar-refractivity contribution in [1.82, 2.24) is 0 Å². The van der Waals surface area contributed by atoms with Gasteiger partial charge in [0.1, 0.15) is 11.2 Å². The van der Waals surface area contributed by atoms with Crippen molar-refractivity contribution in [3.8, 4) is 11.1 Å². The quantitative estimate of drug-likeness (QED) is 0.174. The Hall–Kier alpha value is -6.42. The van der Waals surface area contributed by atoms with Gasteiger partial charge in [-0.1, -0.05) is 121 Å². The fourth-order valence-electron chi connectivity index (χ4n) is 8.07. The summed E-state index contributed by atoms with van der Waals surface area (Å²) in [5.74, 6) is 0. The molecule has 0 fully saturated rings. The van der Waals surface area contributed by atoms with Crippen molar-refractivity contribution in [3.63, 3.8) is 0 Å². The maximum absolute atomic E-state index is 6.69. The molecule has 2 heterocycles. The van der Waals surface area contributed by atoms with Gasteiger partial charge < -0.3 is 9.32 Å². The minimum atomic E-state index is 0.881. The number of furan rings is 1. The van der Waals surface area contributed by atoms with Crippen LogP contribution in [0.25, 0.3) is 85.6 Å². The number of anilines is 3. The van der Waals surface area contributed by atoms with Crippen molar-refractivity contribution >= 4 is 103 Å². The van der Waals surface area contributed by atoms with Crippen LogP contribution in [0.15, 0.2) is 180 Å². The smallest absolute Gasteiger partial charge is 0.143 e. The largest absolute Gasteiger partial charge is 0.455 e. The molecule has 238 valence electrons. The van der Waals surface area contributed by atoms with Crippen LogP contribution in [0.5, 0.6) is 0 Å². The number of fused-ring (bicyclic) bond motifs is 11. The van der Waals surface area contributed by atoms with E-state index in [1.165, 1.54) is 58.2 Å². The van der Waals surface area contributed by atoms with Gasteiger partial charge in [-0.3, -0.25) is 0 Å². The highest BCUT2D eigenvalue weighted by atomic mass is 32.1. The molecule has 2 aromatic heterocycles. The van der Waals surface area contributed by atoms with Crippen molar-refractivity contribution in [2.24, 2.45) is 0 Å². The molecule has 0 N–H and O–H groups in total. The first-order valence-electron chi connectivity index (χ1n) is 17.3. The van der Waals surface area contributed by atoms with Gasteiger partial charge in [-0.15, -0.1) is 11.3 Å². The van der Waals surface area contributed by atoms with Gasteiger partial charge in [0.25, 0.3) is 0 Å². The fourth-order valence-corrected chi connectivity index (χ4v) is 9.19. The van der Waals surface area contributed by atoms with Crippen molar-refractivity contribution < 1.29 is 4.42 Å². The summed E-state index contributed by atoms with van der Waals surface area (Å²) >= 11 is 1.85. The van der Waals surface area contributed by atoms with Crippen LogP contribution in [0, 0.1) is 0 Å². The summed E-state index contributed by atoms with van der Waals surface area (Å²) in [6.07, 6.45) is 0. The van der Waals surface area contributed by atoms with E-state index in [1.807, 2.05) is 11.3 Å². The SMILES string of the molecule is c1ccc2c(c1)ccc1cc(-c3ccc(N(c4cccc5oc6c7ccccc7ccc6c45)c4cccc5sc6ccccc6c45)cc3)ccc12. The molecule has 0 spiro atoms. The summed E-state index contributed by atoms with van der Waals surface area (Å²) < 4.78 is 9.25. The Bertz CT molecular complexity index is 3150. The lowest BCUT2D eigenvalue weighted by molar-refractivity contribution is 0.672. The second kappa shape index (κ2) is 11.0. The maximum Gasteiger partial charge on any atom is 0.143 e. The zero-order chi connectivity index (χ0) is 33.5. The Labute approximate surface area is 298 Å². The van der Waals surface area contributed by atoms with Crippen LogP contribution in [0.3, 0.4) is 0 Å². The van der Waals surface area contributed by atoms with Crippen LogP contribution < -0.4 is 4.90 Å². The molecule has 11 aromatic rings. The van der Waals surface area contributed by atoms with E-state index in [9.17, 15) is 0 Å². The van der Waals surface area contributed by atoms with E-state index in [-0.39, 0.29) is 0 Å². The standard InChI is InChI=1S/C48H29NOS/c1-3-11-36-31(9-1)19-20-34-29-33(24-27-37(34)36)30-21-25-35(26-22-30)49(42-15-8-18-45-47(42)39-13-5-6-17-44(39)51-45)41-14-7-16-43-46(41)40-28-23-32-10-2-4-12-38(32)48(40)50-43/h1-29H. The van der Waals surface area contributed by atoms with Crippen molar-refractivity contribution in [2.45, 2.75) is 0 Å². The second-order valence-corrected chi connectivity index (χ2v) is 14.4. The predicted molar refractivity (Wildman–Crippen MR) is 219 cm³/mol. The molecule has 0 aliphatic carbocycles. The minimum Gasteiger partial charge on any atom is -0.455 e. The molecule has 0 radical (unpaired) electrons. The molecule has 3 heteroatoms. The molecule has 0 saturated heterocycles. The van der Waals surface area contributed by atoms with E-state index in [0.29, 0.717) is 0 Å². The van der Waals surface area contributed by atoms with E-state index in [1.54, 1.807) is 0 Å². The lowest BCUT2D eigenvalue weighted by atomic mass is 9.97. The van der Waals surface area contributed by atoms with Crippen LogP contribution in [-0.2, 0) is 0 Å². The van der Waals surface area contributed by atoms with E-state index in [4.69, 9.17) is 4.42 Å². The fraction of sp³-hybridized carbons (Fsp3) is 0. The Balaban J connectivity index is 1.13. The Morgan fingerprint density at radius 2 is 1.00 bits per heavy atom. The minimum absolute atomic E-state index is 0.881. The highest BCUT2D eigenvalue weighted by molar-refractivity contribution is 7.26. The third kappa shape index (κ3) is 4.35. The molecule has 0 bridgehead atoms. The molecule has 0 aliphatic rings. The number of rotatable bonds is 4. The van der Waals surface area contributed by atoms with Crippen LogP contribution in [0.1, 0.15) is 0 Å². The van der Waals surface area contributed by atoms with Gasteiger partial charge in [-0.2, -0.15) is 0 Å². The van der Waals surface area contributed by atoms with Gasteiger partial charge in [0.2, 0.25) is 0 Å². The van der Waals surface area contributed by atoms with Crippen molar-refractivity contribution in [1.29, 1.82) is 0 Å². The van der Waals surface area contributed by atoms with Gasteiger partial charge in [-0.25, -0.2) is 0 Å². The molecule has 0 aliphatic heterocycles. The average Bonchev–Trinajstić information content (AvgIpc) is 3.78. The number of hydrogen-bond donors (Lipinski definition) is 0. The number of nitrogens with zero attached hydrogens (tertiary/aromatic N) is 1. The topological polar surface area (TPSA) is 16.4 Å². The summed E-state index contributed by atoms with van der Waals surface area (Å²) in [5.41, 5.74) is 7.53. The zero-order valence-corrected chi connectivity index (χ0v) is 28.3. The normalized spacial score (nSPS) is 11.9. The van der Waals surface area contributed by atoms with Gasteiger partial charge in [-0.05, 0) is 92.7 Å². The summed E-state index contributed by atoms with van der Waals surface area (Å²) in [6.45, 7) is 0. The van der Waals surface area contributed by atoms with Gasteiger partial charge >= 0.3 is 0 Å². The highest BCUT2D eigenvalue weighted by Gasteiger charge is 2.23. The van der Waals surface area contributed by atoms with E-state index in [2.05, 4.69) is 181 Å². The van der Waals surface area contributed by atoms with Crippen LogP contribution in [-0.4, -0.2) is 0 Å². The molecule has 0 saturated carbocycles. The molecule has 9 aromatic carbocycles. The number of benzene rings is 9. The third-order valence-electron chi connectivity index (χ3n) is 10.4. The first-order valence-corrected chi connectivity index (χ1v) is 18.2. The van der Waals surface area contributed by atoms with Crippen LogP contribution in [0.4, 0.5) is 17.1 Å². The lowest BCUT2D eigenvalue weighted by Crippen LogP contribution is -2.10. The Morgan fingerprint density at radius 3 is 1.86 bits per heavy atom. The van der Waals surface area contributed by atoms with Gasteiger partial charge in [0, 0.05) is 36.6 Å². The van der Waals surface area contributed by atoms with Gasteiger partial charge in [0.05, 0.1) is 16.8 Å². The summed E-state index contributed by atoms with van der Waals surface area (Å²) in [5, 5.41) is 12.2. The molecule has 51 heavy (non-hydrogen) atoms. The Kier molecular flexibility index (Phi) is 6.16. The van der Waals surface area contributed by atoms with Crippen molar-refractivity contribution in [2.75, 3.05) is 4.90 Å². The third-order valence-corrected chi connectivity index (χ3v) is 11.6. The zero-order valence-electron chi connectivity index (χ0n) is 27.5. The maximum atomic E-state index is 6.69. The second-order valence-electron chi connectivity index (χ2n) is 13.3. The number of thiophene rings is 1. The Morgan fingerprint density at radius 1 is 0.392 bits per heavy atom. The molecule has 0 amide bonds. The van der Waals surface area contributed by atoms with E-state index < -0.39 is 0 Å². The monoisotopic (exact) mass is 667 g/mol. The molecular formula is C48H29NOS. The van der Waals surface area contributed by atoms with Crippen LogP contribution in [0.2, 0.25) is 0 Å². The van der Waals surface area contributed by atoms with E-state index >= 15 is 0 Å². The summed E-state index contributed by atoms with van der Waals surface area (Å²) in [7, 11) is 0. The first-order chi connectivity index (χ1) is 25.3. The molecule has 11 rings (SSSR count). The highest BCUT2D eigenvalue weighted by Crippen LogP contribution is 2.48. The molecule has 2 nitrogen and oxygen atoms in total. The summed E-state index contributed by atoms with van der Waals surface area (Å²) in [6, 6.07) is 63.8. The van der Waals surface area contributed by atoms with Crippen LogP contribution >= 0.6 is 11.3 Å². The van der Waals surface area contributed by atoms with Crippen molar-refractivity contribution in [3.05, 3.63) is 176 Å².